The maximum Gasteiger partial charge on any atom is 0.270 e. The molecule has 31 heavy (non-hydrogen) atoms. The van der Waals surface area contributed by atoms with Crippen LogP contribution >= 0.6 is 0 Å². The average molecular weight is 411 g/mol. The second-order valence-corrected chi connectivity index (χ2v) is 7.78. The Kier molecular flexibility index (Phi) is 4.71. The lowest BCUT2D eigenvalue weighted by Crippen LogP contribution is -2.26. The van der Waals surface area contributed by atoms with Crippen molar-refractivity contribution in [3.8, 4) is 17.1 Å². The minimum absolute atomic E-state index is 0.0375. The molecule has 0 fully saturated rings. The van der Waals surface area contributed by atoms with E-state index in [0.717, 1.165) is 30.3 Å². The van der Waals surface area contributed by atoms with Crippen LogP contribution in [0.3, 0.4) is 0 Å². The fourth-order valence-electron chi connectivity index (χ4n) is 4.18. The van der Waals surface area contributed by atoms with Crippen LogP contribution in [0.2, 0.25) is 0 Å². The molecule has 1 aliphatic heterocycles. The van der Waals surface area contributed by atoms with Gasteiger partial charge in [0.2, 0.25) is 0 Å². The Morgan fingerprint density at radius 3 is 2.48 bits per heavy atom. The quantitative estimate of drug-likeness (QED) is 0.350. The largest absolute Gasteiger partial charge is 0.365 e. The lowest BCUT2D eigenvalue weighted by Gasteiger charge is -2.26. The van der Waals surface area contributed by atoms with Crippen LogP contribution in [0.5, 0.6) is 0 Å². The second-order valence-electron chi connectivity index (χ2n) is 7.78. The summed E-state index contributed by atoms with van der Waals surface area (Å²) in [4.78, 5) is 13.3. The first-order valence-electron chi connectivity index (χ1n) is 10.2. The first-order chi connectivity index (χ1) is 15.1. The van der Waals surface area contributed by atoms with Gasteiger partial charge in [-0.15, -0.1) is 10.2 Å². The fourth-order valence-corrected chi connectivity index (χ4v) is 4.18. The number of fused-ring (bicyclic) bond motifs is 3. The van der Waals surface area contributed by atoms with E-state index >= 15 is 0 Å². The highest BCUT2D eigenvalue weighted by Crippen LogP contribution is 2.37. The number of benzene rings is 3. The van der Waals surface area contributed by atoms with Crippen molar-refractivity contribution >= 4 is 11.4 Å². The van der Waals surface area contributed by atoms with Crippen molar-refractivity contribution in [2.75, 3.05) is 11.4 Å². The van der Waals surface area contributed by atoms with Crippen molar-refractivity contribution in [1.29, 1.82) is 0 Å². The highest BCUT2D eigenvalue weighted by atomic mass is 16.6. The topological polar surface area (TPSA) is 77.1 Å². The van der Waals surface area contributed by atoms with Gasteiger partial charge < -0.3 is 4.90 Å². The zero-order valence-corrected chi connectivity index (χ0v) is 17.0. The normalized spacial score (nSPS) is 15.1. The van der Waals surface area contributed by atoms with Crippen LogP contribution in [0.4, 0.5) is 11.4 Å². The summed E-state index contributed by atoms with van der Waals surface area (Å²) in [6.07, 6.45) is 0. The van der Waals surface area contributed by atoms with E-state index in [1.54, 1.807) is 12.1 Å². The zero-order chi connectivity index (χ0) is 21.4. The van der Waals surface area contributed by atoms with E-state index in [1.165, 1.54) is 11.6 Å². The average Bonchev–Trinajstić information content (AvgIpc) is 3.20. The highest BCUT2D eigenvalue weighted by molar-refractivity contribution is 5.70. The van der Waals surface area contributed by atoms with Gasteiger partial charge in [-0.2, -0.15) is 0 Å². The van der Waals surface area contributed by atoms with E-state index in [2.05, 4.69) is 58.4 Å². The van der Waals surface area contributed by atoms with Crippen LogP contribution in [0, 0.1) is 10.1 Å². The van der Waals surface area contributed by atoms with Crippen LogP contribution in [-0.2, 0) is 6.54 Å². The molecule has 4 aromatic rings. The van der Waals surface area contributed by atoms with Gasteiger partial charge in [-0.05, 0) is 17.7 Å². The molecule has 0 radical (unpaired) electrons. The predicted octanol–water partition coefficient (Wildman–Crippen LogP) is 4.97. The van der Waals surface area contributed by atoms with E-state index < -0.39 is 0 Å². The van der Waals surface area contributed by atoms with Gasteiger partial charge in [-0.1, -0.05) is 61.5 Å². The van der Waals surface area contributed by atoms with Crippen LogP contribution < -0.4 is 4.90 Å². The SMILES string of the molecule is CC1CN(Cc2ccccc2)c2ccccc2-n2c(-c3cccc([N+](=O)[O-])c3)nnc21. The van der Waals surface area contributed by atoms with Crippen molar-refractivity contribution in [1.82, 2.24) is 14.8 Å². The summed E-state index contributed by atoms with van der Waals surface area (Å²) in [7, 11) is 0. The van der Waals surface area contributed by atoms with Crippen molar-refractivity contribution in [3.05, 3.63) is 100 Å². The van der Waals surface area contributed by atoms with E-state index in [1.807, 2.05) is 28.8 Å². The molecule has 0 N–H and O–H groups in total. The molecule has 2 heterocycles. The molecule has 0 spiro atoms. The van der Waals surface area contributed by atoms with Gasteiger partial charge >= 0.3 is 0 Å². The number of non-ortho nitro benzene ring substituents is 1. The molecular formula is C24H21N5O2. The molecule has 154 valence electrons. The van der Waals surface area contributed by atoms with Crippen LogP contribution in [0.25, 0.3) is 17.1 Å². The van der Waals surface area contributed by atoms with E-state index in [9.17, 15) is 10.1 Å². The molecule has 7 nitrogen and oxygen atoms in total. The summed E-state index contributed by atoms with van der Waals surface area (Å²) < 4.78 is 2.05. The van der Waals surface area contributed by atoms with Crippen molar-refractivity contribution in [2.45, 2.75) is 19.4 Å². The number of para-hydroxylation sites is 2. The van der Waals surface area contributed by atoms with E-state index in [-0.39, 0.29) is 16.5 Å². The Morgan fingerprint density at radius 2 is 1.71 bits per heavy atom. The van der Waals surface area contributed by atoms with Crippen LogP contribution in [-0.4, -0.2) is 26.2 Å². The molecule has 1 aliphatic rings. The summed E-state index contributed by atoms with van der Waals surface area (Å²) >= 11 is 0. The van der Waals surface area contributed by atoms with Gasteiger partial charge in [0.15, 0.2) is 5.82 Å². The van der Waals surface area contributed by atoms with Gasteiger partial charge in [0.05, 0.1) is 16.3 Å². The number of nitro groups is 1. The van der Waals surface area contributed by atoms with Gasteiger partial charge in [0.25, 0.3) is 5.69 Å². The molecule has 0 aliphatic carbocycles. The first-order valence-corrected chi connectivity index (χ1v) is 10.2. The summed E-state index contributed by atoms with van der Waals surface area (Å²) in [5.74, 6) is 1.58. The van der Waals surface area contributed by atoms with Crippen LogP contribution in [0.15, 0.2) is 78.9 Å². The number of rotatable bonds is 4. The Bertz CT molecular complexity index is 1250. The molecule has 0 saturated carbocycles. The fraction of sp³-hybridized carbons (Fsp3) is 0.167. The third-order valence-corrected chi connectivity index (χ3v) is 5.62. The summed E-state index contributed by atoms with van der Waals surface area (Å²) in [5, 5.41) is 20.2. The molecule has 7 heteroatoms. The maximum absolute atomic E-state index is 11.3. The molecule has 0 amide bonds. The number of nitro benzene ring substituents is 1. The Labute approximate surface area is 179 Å². The second kappa shape index (κ2) is 7.68. The number of anilines is 1. The molecule has 1 aromatic heterocycles. The minimum atomic E-state index is -0.388. The van der Waals surface area contributed by atoms with Gasteiger partial charge in [0.1, 0.15) is 5.82 Å². The van der Waals surface area contributed by atoms with Gasteiger partial charge in [-0.3, -0.25) is 14.7 Å². The maximum atomic E-state index is 11.3. The number of nitrogens with zero attached hydrogens (tertiary/aromatic N) is 5. The number of aromatic nitrogens is 3. The first kappa shape index (κ1) is 19.0. The van der Waals surface area contributed by atoms with E-state index in [0.29, 0.717) is 11.4 Å². The lowest BCUT2D eigenvalue weighted by atomic mass is 10.1. The molecule has 1 atom stereocenters. The smallest absolute Gasteiger partial charge is 0.270 e. The Morgan fingerprint density at radius 1 is 0.968 bits per heavy atom. The molecular weight excluding hydrogens is 390 g/mol. The molecule has 5 rings (SSSR count). The molecule has 1 unspecified atom stereocenters. The summed E-state index contributed by atoms with van der Waals surface area (Å²) in [5.41, 5.74) is 4.01. The summed E-state index contributed by atoms with van der Waals surface area (Å²) in [6.45, 7) is 3.72. The number of hydrogen-bond donors (Lipinski definition) is 0. The third kappa shape index (κ3) is 3.44. The number of hydrogen-bond acceptors (Lipinski definition) is 5. The Balaban J connectivity index is 1.65. The molecule has 3 aromatic carbocycles. The highest BCUT2D eigenvalue weighted by Gasteiger charge is 2.29. The summed E-state index contributed by atoms with van der Waals surface area (Å²) in [6, 6.07) is 25.1. The van der Waals surface area contributed by atoms with Gasteiger partial charge in [-0.25, -0.2) is 0 Å². The van der Waals surface area contributed by atoms with Crippen LogP contribution in [0.1, 0.15) is 24.2 Å². The molecule has 0 bridgehead atoms. The monoisotopic (exact) mass is 411 g/mol. The standard InChI is InChI=1S/C24H21N5O2/c1-17-15-27(16-18-8-3-2-4-9-18)21-12-5-6-13-22(21)28-23(17)25-26-24(28)19-10-7-11-20(14-19)29(30)31/h2-14,17H,15-16H2,1H3. The Hall–Kier alpha value is -4.00. The van der Waals surface area contributed by atoms with Crippen molar-refractivity contribution in [2.24, 2.45) is 0 Å². The minimum Gasteiger partial charge on any atom is -0.365 e. The molecule has 0 saturated heterocycles. The van der Waals surface area contributed by atoms with Crippen molar-refractivity contribution in [3.63, 3.8) is 0 Å². The van der Waals surface area contributed by atoms with Gasteiger partial charge in [0, 0.05) is 36.7 Å². The third-order valence-electron chi connectivity index (χ3n) is 5.62. The lowest BCUT2D eigenvalue weighted by molar-refractivity contribution is -0.384. The zero-order valence-electron chi connectivity index (χ0n) is 17.0. The van der Waals surface area contributed by atoms with Crippen molar-refractivity contribution < 1.29 is 4.92 Å². The predicted molar refractivity (Wildman–Crippen MR) is 119 cm³/mol. The van der Waals surface area contributed by atoms with E-state index in [4.69, 9.17) is 0 Å².